The number of rotatable bonds is 11. The van der Waals surface area contributed by atoms with Crippen LogP contribution in [0.4, 0.5) is 0 Å². The van der Waals surface area contributed by atoms with Crippen molar-refractivity contribution in [3.05, 3.63) is 46.5 Å². The molecular formula is C22H25ClN4O4. The summed E-state index contributed by atoms with van der Waals surface area (Å²) >= 11 is 6.27. The topological polar surface area (TPSA) is 110 Å². The average molecular weight is 445 g/mol. The number of hydrogen-bond acceptors (Lipinski definition) is 7. The fourth-order valence-electron chi connectivity index (χ4n) is 3.15. The van der Waals surface area contributed by atoms with Crippen LogP contribution in [-0.4, -0.2) is 44.7 Å². The molecule has 0 unspecified atom stereocenters. The molecule has 0 amide bonds. The molecule has 0 saturated heterocycles. The van der Waals surface area contributed by atoms with Crippen molar-refractivity contribution in [3.63, 3.8) is 0 Å². The van der Waals surface area contributed by atoms with Crippen molar-refractivity contribution in [1.29, 1.82) is 0 Å². The first-order valence-electron chi connectivity index (χ1n) is 10.2. The SMILES string of the molecule is CCCc1c(OCCCCOc2ccc(-c3nn[nH]n3)c(Cl)c2)ccc(C(C)=O)c1O. The fraction of sp³-hybridized carbons (Fsp3) is 0.364. The minimum atomic E-state index is -0.163. The van der Waals surface area contributed by atoms with Gasteiger partial charge in [0, 0.05) is 11.1 Å². The highest BCUT2D eigenvalue weighted by atomic mass is 35.5. The van der Waals surface area contributed by atoms with E-state index in [1.54, 1.807) is 24.3 Å². The van der Waals surface area contributed by atoms with Crippen LogP contribution >= 0.6 is 11.6 Å². The van der Waals surface area contributed by atoms with Gasteiger partial charge in [-0.05, 0) is 61.7 Å². The number of nitrogens with zero attached hydrogens (tertiary/aromatic N) is 3. The third kappa shape index (κ3) is 5.73. The zero-order chi connectivity index (χ0) is 22.2. The number of H-pyrrole nitrogens is 1. The van der Waals surface area contributed by atoms with E-state index in [9.17, 15) is 9.90 Å². The number of aromatic nitrogens is 4. The number of Topliss-reactive ketones (excluding diaryl/α,β-unsaturated/α-hetero) is 1. The molecule has 9 heteroatoms. The summed E-state index contributed by atoms with van der Waals surface area (Å²) in [5, 5.41) is 24.6. The number of phenols is 1. The number of aromatic hydroxyl groups is 1. The van der Waals surface area contributed by atoms with Crippen molar-refractivity contribution in [2.24, 2.45) is 0 Å². The molecule has 3 rings (SSSR count). The van der Waals surface area contributed by atoms with Crippen LogP contribution in [0.2, 0.25) is 5.02 Å². The predicted octanol–water partition coefficient (Wildman–Crippen LogP) is 4.62. The summed E-state index contributed by atoms with van der Waals surface area (Å²) in [4.78, 5) is 11.6. The molecule has 0 atom stereocenters. The summed E-state index contributed by atoms with van der Waals surface area (Å²) in [7, 11) is 0. The number of benzene rings is 2. The summed E-state index contributed by atoms with van der Waals surface area (Å²) in [6.07, 6.45) is 3.04. The molecule has 0 aliphatic carbocycles. The largest absolute Gasteiger partial charge is 0.507 e. The molecule has 3 aromatic rings. The number of carbonyl (C=O) groups excluding carboxylic acids is 1. The first-order chi connectivity index (χ1) is 15.0. The maximum absolute atomic E-state index is 11.6. The molecule has 2 aromatic carbocycles. The summed E-state index contributed by atoms with van der Waals surface area (Å²) < 4.78 is 11.6. The highest BCUT2D eigenvalue weighted by Gasteiger charge is 2.15. The number of unbranched alkanes of at least 4 members (excludes halogenated alkanes) is 1. The number of aromatic amines is 1. The Morgan fingerprint density at radius 3 is 2.58 bits per heavy atom. The lowest BCUT2D eigenvalue weighted by Crippen LogP contribution is -2.05. The molecule has 0 saturated carbocycles. The summed E-state index contributed by atoms with van der Waals surface area (Å²) in [5.41, 5.74) is 1.69. The lowest BCUT2D eigenvalue weighted by atomic mass is 10.0. The summed E-state index contributed by atoms with van der Waals surface area (Å²) in [6, 6.07) is 8.69. The fourth-order valence-corrected chi connectivity index (χ4v) is 3.40. The van der Waals surface area contributed by atoms with E-state index in [2.05, 4.69) is 20.6 Å². The van der Waals surface area contributed by atoms with Gasteiger partial charge in [-0.2, -0.15) is 5.21 Å². The van der Waals surface area contributed by atoms with Crippen molar-refractivity contribution in [2.45, 2.75) is 39.5 Å². The molecule has 31 heavy (non-hydrogen) atoms. The zero-order valence-electron chi connectivity index (χ0n) is 17.5. The molecule has 164 valence electrons. The first kappa shape index (κ1) is 22.6. The van der Waals surface area contributed by atoms with Crippen LogP contribution in [0.1, 0.15) is 49.0 Å². The van der Waals surface area contributed by atoms with Crippen LogP contribution in [0.15, 0.2) is 30.3 Å². The van der Waals surface area contributed by atoms with Gasteiger partial charge in [-0.15, -0.1) is 10.2 Å². The number of nitrogens with one attached hydrogen (secondary N) is 1. The van der Waals surface area contributed by atoms with Gasteiger partial charge in [0.05, 0.1) is 23.8 Å². The monoisotopic (exact) mass is 444 g/mol. The molecule has 0 fully saturated rings. The van der Waals surface area contributed by atoms with Gasteiger partial charge in [0.25, 0.3) is 0 Å². The van der Waals surface area contributed by atoms with Crippen LogP contribution in [0.25, 0.3) is 11.4 Å². The highest BCUT2D eigenvalue weighted by Crippen LogP contribution is 2.33. The standard InChI is InChI=1S/C22H25ClN4O4/c1-3-6-18-20(10-9-16(14(2)28)21(18)29)31-12-5-4-11-30-15-7-8-17(19(23)13-15)22-24-26-27-25-22/h7-10,13,29H,3-6,11-12H2,1-2H3,(H,24,25,26,27). The van der Waals surface area contributed by atoms with Gasteiger partial charge >= 0.3 is 0 Å². The van der Waals surface area contributed by atoms with Gasteiger partial charge in [-0.3, -0.25) is 4.79 Å². The van der Waals surface area contributed by atoms with Crippen LogP contribution in [0.3, 0.4) is 0 Å². The molecule has 1 heterocycles. The molecule has 1 aromatic heterocycles. The second-order valence-corrected chi connectivity index (χ2v) is 7.43. The van der Waals surface area contributed by atoms with Crippen molar-refractivity contribution in [2.75, 3.05) is 13.2 Å². The maximum Gasteiger partial charge on any atom is 0.206 e. The second-order valence-electron chi connectivity index (χ2n) is 7.03. The molecule has 0 radical (unpaired) electrons. The minimum Gasteiger partial charge on any atom is -0.507 e. The Hall–Kier alpha value is -3.13. The van der Waals surface area contributed by atoms with Crippen molar-refractivity contribution in [3.8, 4) is 28.6 Å². The summed E-state index contributed by atoms with van der Waals surface area (Å²) in [6.45, 7) is 4.45. The van der Waals surface area contributed by atoms with Crippen LogP contribution in [-0.2, 0) is 6.42 Å². The average Bonchev–Trinajstić information content (AvgIpc) is 3.27. The first-order valence-corrected chi connectivity index (χ1v) is 10.5. The van der Waals surface area contributed by atoms with E-state index < -0.39 is 0 Å². The number of hydrogen-bond donors (Lipinski definition) is 2. The van der Waals surface area contributed by atoms with Gasteiger partial charge in [-0.1, -0.05) is 24.9 Å². The Kier molecular flexibility index (Phi) is 7.83. The predicted molar refractivity (Wildman–Crippen MR) is 117 cm³/mol. The van der Waals surface area contributed by atoms with Crippen LogP contribution < -0.4 is 9.47 Å². The van der Waals surface area contributed by atoms with Gasteiger partial charge in [-0.25, -0.2) is 0 Å². The van der Waals surface area contributed by atoms with Gasteiger partial charge in [0.15, 0.2) is 5.78 Å². The van der Waals surface area contributed by atoms with E-state index in [0.717, 1.165) is 19.3 Å². The summed E-state index contributed by atoms with van der Waals surface area (Å²) in [5.74, 6) is 1.57. The number of halogens is 1. The third-order valence-corrected chi connectivity index (χ3v) is 5.02. The number of phenolic OH excluding ortho intramolecular Hbond substituents is 1. The van der Waals surface area contributed by atoms with Crippen molar-refractivity contribution in [1.82, 2.24) is 20.6 Å². The second kappa shape index (κ2) is 10.8. The van der Waals surface area contributed by atoms with E-state index in [4.69, 9.17) is 21.1 Å². The van der Waals surface area contributed by atoms with E-state index in [1.165, 1.54) is 6.92 Å². The number of carbonyl (C=O) groups is 1. The van der Waals surface area contributed by atoms with Crippen LogP contribution in [0, 0.1) is 0 Å². The Bertz CT molecular complexity index is 1020. The quantitative estimate of drug-likeness (QED) is 0.328. The number of tetrazole rings is 1. The Balaban J connectivity index is 1.47. The lowest BCUT2D eigenvalue weighted by molar-refractivity contribution is 0.101. The number of ketones is 1. The lowest BCUT2D eigenvalue weighted by Gasteiger charge is -2.14. The van der Waals surface area contributed by atoms with Crippen molar-refractivity contribution < 1.29 is 19.4 Å². The molecule has 8 nitrogen and oxygen atoms in total. The van der Waals surface area contributed by atoms with Crippen molar-refractivity contribution >= 4 is 17.4 Å². The zero-order valence-corrected chi connectivity index (χ0v) is 18.3. The highest BCUT2D eigenvalue weighted by molar-refractivity contribution is 6.33. The molecule has 0 bridgehead atoms. The van der Waals surface area contributed by atoms with E-state index in [1.807, 2.05) is 13.0 Å². The molecule has 0 aliphatic heterocycles. The van der Waals surface area contributed by atoms with Gasteiger partial charge in [0.2, 0.25) is 5.82 Å². The molecule has 0 spiro atoms. The van der Waals surface area contributed by atoms with Gasteiger partial charge in [0.1, 0.15) is 17.2 Å². The van der Waals surface area contributed by atoms with E-state index >= 15 is 0 Å². The smallest absolute Gasteiger partial charge is 0.206 e. The third-order valence-electron chi connectivity index (χ3n) is 4.71. The normalized spacial score (nSPS) is 10.8. The minimum absolute atomic E-state index is 0.0244. The maximum atomic E-state index is 11.6. The Morgan fingerprint density at radius 2 is 1.94 bits per heavy atom. The number of ether oxygens (including phenoxy) is 2. The molecule has 0 aliphatic rings. The van der Waals surface area contributed by atoms with Gasteiger partial charge < -0.3 is 14.6 Å². The van der Waals surface area contributed by atoms with Crippen LogP contribution in [0.5, 0.6) is 17.2 Å². The van der Waals surface area contributed by atoms with E-state index in [0.29, 0.717) is 58.7 Å². The Morgan fingerprint density at radius 1 is 1.16 bits per heavy atom. The molecule has 2 N–H and O–H groups in total. The van der Waals surface area contributed by atoms with E-state index in [-0.39, 0.29) is 11.5 Å². The molecular weight excluding hydrogens is 420 g/mol. The Labute approximate surface area is 185 Å².